The van der Waals surface area contributed by atoms with Crippen molar-refractivity contribution in [3.63, 3.8) is 0 Å². The molecule has 4 heteroatoms. The lowest BCUT2D eigenvalue weighted by molar-refractivity contribution is -0.147. The van der Waals surface area contributed by atoms with Crippen molar-refractivity contribution < 1.29 is 19.4 Å². The molecule has 0 heterocycles. The highest BCUT2D eigenvalue weighted by molar-refractivity contribution is 5.70. The van der Waals surface area contributed by atoms with Crippen LogP contribution in [0.5, 0.6) is 0 Å². The molecule has 0 spiro atoms. The third-order valence-electron chi connectivity index (χ3n) is 2.80. The number of esters is 1. The smallest absolute Gasteiger partial charge is 0.344 e. The summed E-state index contributed by atoms with van der Waals surface area (Å²) >= 11 is 0. The zero-order valence-electron chi connectivity index (χ0n) is 11.6. The van der Waals surface area contributed by atoms with Crippen molar-refractivity contribution in [1.29, 1.82) is 0 Å². The van der Waals surface area contributed by atoms with Gasteiger partial charge in [-0.15, -0.1) is 0 Å². The highest BCUT2D eigenvalue weighted by Crippen LogP contribution is 2.20. The molecule has 1 aliphatic carbocycles. The summed E-state index contributed by atoms with van der Waals surface area (Å²) < 4.78 is 10.3. The van der Waals surface area contributed by atoms with E-state index in [0.717, 1.165) is 24.2 Å². The molecule has 0 radical (unpaired) electrons. The summed E-state index contributed by atoms with van der Waals surface area (Å²) in [6, 6.07) is 0. The number of aliphatic hydroxyl groups excluding tert-OH is 1. The fraction of sp³-hybridized carbons (Fsp3) is 0.533. The summed E-state index contributed by atoms with van der Waals surface area (Å²) in [5, 5.41) is 8.82. The zero-order valence-corrected chi connectivity index (χ0v) is 11.6. The van der Waals surface area contributed by atoms with Gasteiger partial charge in [-0.3, -0.25) is 0 Å². The molecular weight excluding hydrogens is 244 g/mol. The Morgan fingerprint density at radius 2 is 2.21 bits per heavy atom. The monoisotopic (exact) mass is 266 g/mol. The van der Waals surface area contributed by atoms with Gasteiger partial charge in [-0.25, -0.2) is 4.79 Å². The van der Waals surface area contributed by atoms with Crippen LogP contribution >= 0.6 is 0 Å². The predicted molar refractivity (Wildman–Crippen MR) is 73.4 cm³/mol. The molecule has 106 valence electrons. The minimum Gasteiger partial charge on any atom is -0.486 e. The lowest BCUT2D eigenvalue weighted by atomic mass is 10.1. The first-order valence-corrected chi connectivity index (χ1v) is 6.65. The van der Waals surface area contributed by atoms with Crippen LogP contribution in [0.3, 0.4) is 0 Å². The number of hydrogen-bond donors (Lipinski definition) is 1. The second-order valence-corrected chi connectivity index (χ2v) is 4.38. The maximum atomic E-state index is 11.2. The van der Waals surface area contributed by atoms with Crippen molar-refractivity contribution >= 4 is 5.97 Å². The van der Waals surface area contributed by atoms with Crippen LogP contribution in [0.4, 0.5) is 0 Å². The second kappa shape index (κ2) is 8.53. The third kappa shape index (κ3) is 5.75. The van der Waals surface area contributed by atoms with E-state index in [1.54, 1.807) is 6.92 Å². The van der Waals surface area contributed by atoms with Gasteiger partial charge in [0.2, 0.25) is 0 Å². The van der Waals surface area contributed by atoms with Crippen LogP contribution < -0.4 is 0 Å². The van der Waals surface area contributed by atoms with Crippen molar-refractivity contribution in [2.45, 2.75) is 26.7 Å². The van der Waals surface area contributed by atoms with Gasteiger partial charge in [0, 0.05) is 12.5 Å². The summed E-state index contributed by atoms with van der Waals surface area (Å²) in [7, 11) is 0. The number of rotatable bonds is 7. The van der Waals surface area contributed by atoms with Gasteiger partial charge in [0.1, 0.15) is 5.76 Å². The summed E-state index contributed by atoms with van der Waals surface area (Å²) in [5.74, 6) is 0.522. The summed E-state index contributed by atoms with van der Waals surface area (Å²) in [4.78, 5) is 11.2. The Kier molecular flexibility index (Phi) is 6.97. The molecule has 0 aliphatic heterocycles. The molecule has 1 atom stereocenters. The molecule has 0 aromatic carbocycles. The van der Waals surface area contributed by atoms with E-state index in [-0.39, 0.29) is 25.1 Å². The maximum Gasteiger partial charge on any atom is 0.344 e. The van der Waals surface area contributed by atoms with Crippen LogP contribution in [-0.4, -0.2) is 30.9 Å². The maximum absolute atomic E-state index is 11.2. The van der Waals surface area contributed by atoms with Crippen LogP contribution in [0.25, 0.3) is 0 Å². The number of carbonyl (C=O) groups excluding carboxylic acids is 1. The molecule has 1 N–H and O–H groups in total. The van der Waals surface area contributed by atoms with E-state index in [9.17, 15) is 4.79 Å². The Morgan fingerprint density at radius 1 is 1.42 bits per heavy atom. The van der Waals surface area contributed by atoms with Gasteiger partial charge in [0.25, 0.3) is 0 Å². The first-order chi connectivity index (χ1) is 9.17. The summed E-state index contributed by atoms with van der Waals surface area (Å²) in [6.07, 6.45) is 9.51. The minimum atomic E-state index is -0.353. The quantitative estimate of drug-likeness (QED) is 0.719. The molecular formula is C15H22O4. The van der Waals surface area contributed by atoms with E-state index < -0.39 is 0 Å². The topological polar surface area (TPSA) is 55.8 Å². The highest BCUT2D eigenvalue weighted by Gasteiger charge is 2.11. The van der Waals surface area contributed by atoms with Gasteiger partial charge in [0.15, 0.2) is 6.61 Å². The molecule has 0 saturated carbocycles. The molecule has 1 rings (SSSR count). The first-order valence-electron chi connectivity index (χ1n) is 6.65. The molecule has 0 bridgehead atoms. The van der Waals surface area contributed by atoms with Crippen molar-refractivity contribution in [2.75, 3.05) is 19.8 Å². The Hall–Kier alpha value is -1.55. The summed E-state index contributed by atoms with van der Waals surface area (Å²) in [6.45, 7) is 4.27. The number of hydrogen-bond acceptors (Lipinski definition) is 4. The van der Waals surface area contributed by atoms with E-state index in [2.05, 4.69) is 0 Å². The number of aliphatic hydroxyl groups is 1. The fourth-order valence-electron chi connectivity index (χ4n) is 1.73. The number of allylic oxidation sites excluding steroid dienone is 5. The average Bonchev–Trinajstić information content (AvgIpc) is 2.57. The van der Waals surface area contributed by atoms with Crippen molar-refractivity contribution in [3.05, 3.63) is 35.6 Å². The van der Waals surface area contributed by atoms with E-state index in [1.165, 1.54) is 0 Å². The van der Waals surface area contributed by atoms with Crippen LogP contribution in [-0.2, 0) is 14.3 Å². The van der Waals surface area contributed by atoms with Crippen molar-refractivity contribution in [2.24, 2.45) is 5.92 Å². The van der Waals surface area contributed by atoms with Gasteiger partial charge < -0.3 is 14.6 Å². The van der Waals surface area contributed by atoms with E-state index in [0.29, 0.717) is 6.61 Å². The lowest BCUT2D eigenvalue weighted by Crippen LogP contribution is -2.14. The minimum absolute atomic E-state index is 0.0579. The van der Waals surface area contributed by atoms with E-state index in [1.807, 2.05) is 31.2 Å². The molecule has 0 amide bonds. The SMILES string of the molecule is CCOC(=O)COC1=CC=C(CCCO)C=CC1C. The van der Waals surface area contributed by atoms with Gasteiger partial charge in [-0.05, 0) is 31.4 Å². The normalized spacial score (nSPS) is 18.4. The van der Waals surface area contributed by atoms with Crippen LogP contribution in [0, 0.1) is 5.92 Å². The number of carbonyl (C=O) groups is 1. The molecule has 1 unspecified atom stereocenters. The van der Waals surface area contributed by atoms with Crippen LogP contribution in [0.1, 0.15) is 26.7 Å². The zero-order chi connectivity index (χ0) is 14.1. The third-order valence-corrected chi connectivity index (χ3v) is 2.80. The molecule has 0 aromatic heterocycles. The Bertz CT molecular complexity index is 380. The number of ether oxygens (including phenoxy) is 2. The first kappa shape index (κ1) is 15.5. The Labute approximate surface area is 114 Å². The lowest BCUT2D eigenvalue weighted by Gasteiger charge is -2.12. The summed E-state index contributed by atoms with van der Waals surface area (Å²) in [5.41, 5.74) is 1.15. The molecule has 1 aliphatic rings. The average molecular weight is 266 g/mol. The fourth-order valence-corrected chi connectivity index (χ4v) is 1.73. The molecule has 4 nitrogen and oxygen atoms in total. The van der Waals surface area contributed by atoms with Gasteiger partial charge in [0.05, 0.1) is 6.61 Å². The Morgan fingerprint density at radius 3 is 2.89 bits per heavy atom. The van der Waals surface area contributed by atoms with Crippen molar-refractivity contribution in [1.82, 2.24) is 0 Å². The molecule has 0 saturated heterocycles. The standard InChI is InChI=1S/C15H22O4/c1-3-18-15(17)11-19-14-9-8-13(5-4-10-16)7-6-12(14)2/h6-9,12,16H,3-5,10-11H2,1-2H3. The van der Waals surface area contributed by atoms with E-state index >= 15 is 0 Å². The highest BCUT2D eigenvalue weighted by atomic mass is 16.6. The molecule has 0 fully saturated rings. The second-order valence-electron chi connectivity index (χ2n) is 4.38. The molecule has 19 heavy (non-hydrogen) atoms. The van der Waals surface area contributed by atoms with E-state index in [4.69, 9.17) is 14.6 Å². The van der Waals surface area contributed by atoms with Crippen LogP contribution in [0.15, 0.2) is 35.6 Å². The predicted octanol–water partition coefficient (Wildman–Crippen LogP) is 2.35. The van der Waals surface area contributed by atoms with Gasteiger partial charge >= 0.3 is 5.97 Å². The Balaban J connectivity index is 2.56. The largest absolute Gasteiger partial charge is 0.486 e. The van der Waals surface area contributed by atoms with Gasteiger partial charge in [-0.1, -0.05) is 25.2 Å². The van der Waals surface area contributed by atoms with Crippen molar-refractivity contribution in [3.8, 4) is 0 Å². The van der Waals surface area contributed by atoms with Crippen LogP contribution in [0.2, 0.25) is 0 Å². The molecule has 0 aromatic rings. The van der Waals surface area contributed by atoms with Gasteiger partial charge in [-0.2, -0.15) is 0 Å².